The number of carbonyl (C=O) groups is 2. The summed E-state index contributed by atoms with van der Waals surface area (Å²) in [5.41, 5.74) is 4.43. The van der Waals surface area contributed by atoms with E-state index in [4.69, 9.17) is 9.57 Å². The molecule has 6 heteroatoms. The number of hydrogen-bond donors (Lipinski definition) is 1. The third-order valence-electron chi connectivity index (χ3n) is 6.23. The molecule has 0 radical (unpaired) electrons. The molecule has 0 unspecified atom stereocenters. The van der Waals surface area contributed by atoms with Gasteiger partial charge in [-0.25, -0.2) is 4.79 Å². The zero-order valence-electron chi connectivity index (χ0n) is 20.0. The van der Waals surface area contributed by atoms with E-state index in [0.29, 0.717) is 16.8 Å². The summed E-state index contributed by atoms with van der Waals surface area (Å²) in [5, 5.41) is 6.86. The van der Waals surface area contributed by atoms with Crippen molar-refractivity contribution in [2.75, 3.05) is 19.0 Å². The standard InChI is InChI=1S/C27H32N2O4/c1-7-16-33-25(31)18-8-11-20(12-9-18)28-24(30)23(29-32-6)19-10-13-21-22(17-19)27(4,5)15-14-26(21,2)3/h7-13,17H,1,14-16H2,2-6H3,(H,28,30)/b29-23+. The number of nitrogens with one attached hydrogen (secondary N) is 1. The summed E-state index contributed by atoms with van der Waals surface area (Å²) in [6.07, 6.45) is 3.69. The summed E-state index contributed by atoms with van der Waals surface area (Å²) in [7, 11) is 1.42. The van der Waals surface area contributed by atoms with Gasteiger partial charge in [0, 0.05) is 11.3 Å². The molecule has 0 aromatic heterocycles. The molecule has 0 aliphatic heterocycles. The maximum atomic E-state index is 13.1. The van der Waals surface area contributed by atoms with Crippen molar-refractivity contribution >= 4 is 23.3 Å². The average molecular weight is 449 g/mol. The Morgan fingerprint density at radius 2 is 1.61 bits per heavy atom. The van der Waals surface area contributed by atoms with E-state index in [1.54, 1.807) is 24.3 Å². The third-order valence-corrected chi connectivity index (χ3v) is 6.23. The van der Waals surface area contributed by atoms with Crippen molar-refractivity contribution in [1.82, 2.24) is 0 Å². The van der Waals surface area contributed by atoms with Gasteiger partial charge in [0.25, 0.3) is 5.91 Å². The van der Waals surface area contributed by atoms with E-state index in [9.17, 15) is 9.59 Å². The van der Waals surface area contributed by atoms with Crippen molar-refractivity contribution in [2.24, 2.45) is 5.16 Å². The van der Waals surface area contributed by atoms with Gasteiger partial charge in [0.2, 0.25) is 0 Å². The molecule has 0 atom stereocenters. The second kappa shape index (κ2) is 9.61. The molecule has 6 nitrogen and oxygen atoms in total. The Hall–Kier alpha value is -3.41. The minimum Gasteiger partial charge on any atom is -0.458 e. The molecule has 0 heterocycles. The van der Waals surface area contributed by atoms with E-state index in [1.165, 1.54) is 24.3 Å². The van der Waals surface area contributed by atoms with Gasteiger partial charge < -0.3 is 14.9 Å². The molecule has 1 aliphatic carbocycles. The van der Waals surface area contributed by atoms with Gasteiger partial charge in [0.15, 0.2) is 5.71 Å². The number of nitrogens with zero attached hydrogens (tertiary/aromatic N) is 1. The minimum atomic E-state index is -0.450. The van der Waals surface area contributed by atoms with Crippen LogP contribution in [0.5, 0.6) is 0 Å². The number of hydrogen-bond acceptors (Lipinski definition) is 5. The summed E-state index contributed by atoms with van der Waals surface area (Å²) in [4.78, 5) is 30.0. The number of anilines is 1. The number of rotatable bonds is 7. The summed E-state index contributed by atoms with van der Waals surface area (Å²) in [5.74, 6) is -0.847. The molecule has 0 saturated heterocycles. The molecular formula is C27H32N2O4. The largest absolute Gasteiger partial charge is 0.458 e. The Kier molecular flexibility index (Phi) is 7.06. The van der Waals surface area contributed by atoms with Gasteiger partial charge >= 0.3 is 5.97 Å². The van der Waals surface area contributed by atoms with Crippen LogP contribution in [0.1, 0.15) is 67.6 Å². The smallest absolute Gasteiger partial charge is 0.338 e. The van der Waals surface area contributed by atoms with E-state index in [-0.39, 0.29) is 23.1 Å². The number of amides is 1. The lowest BCUT2D eigenvalue weighted by molar-refractivity contribution is -0.110. The van der Waals surface area contributed by atoms with Crippen molar-refractivity contribution in [3.8, 4) is 0 Å². The molecule has 0 bridgehead atoms. The molecule has 0 spiro atoms. The lowest BCUT2D eigenvalue weighted by atomic mass is 9.63. The van der Waals surface area contributed by atoms with Crippen molar-refractivity contribution in [1.29, 1.82) is 0 Å². The molecule has 1 N–H and O–H groups in total. The number of oxime groups is 1. The molecule has 33 heavy (non-hydrogen) atoms. The SMILES string of the molecule is C=CCOC(=O)c1ccc(NC(=O)/C(=N/OC)c2ccc3c(c2)C(C)(C)CCC3(C)C)cc1. The van der Waals surface area contributed by atoms with Crippen LogP contribution < -0.4 is 5.32 Å². The first-order chi connectivity index (χ1) is 15.6. The molecular weight excluding hydrogens is 416 g/mol. The maximum Gasteiger partial charge on any atom is 0.338 e. The summed E-state index contributed by atoms with van der Waals surface area (Å²) in [6.45, 7) is 12.7. The Morgan fingerprint density at radius 1 is 1.00 bits per heavy atom. The van der Waals surface area contributed by atoms with Gasteiger partial charge in [0.1, 0.15) is 13.7 Å². The zero-order valence-corrected chi connectivity index (χ0v) is 20.0. The Balaban J connectivity index is 1.85. The van der Waals surface area contributed by atoms with Crippen LogP contribution in [0.2, 0.25) is 0 Å². The first-order valence-electron chi connectivity index (χ1n) is 11.0. The molecule has 0 fully saturated rings. The highest BCUT2D eigenvalue weighted by Gasteiger charge is 2.37. The lowest BCUT2D eigenvalue weighted by Gasteiger charge is -2.42. The van der Waals surface area contributed by atoms with Gasteiger partial charge in [-0.05, 0) is 65.1 Å². The second-order valence-corrected chi connectivity index (χ2v) is 9.57. The van der Waals surface area contributed by atoms with Crippen molar-refractivity contribution in [2.45, 2.75) is 51.4 Å². The summed E-state index contributed by atoms with van der Waals surface area (Å²) in [6, 6.07) is 12.6. The molecule has 0 saturated carbocycles. The van der Waals surface area contributed by atoms with Crippen LogP contribution in [0.15, 0.2) is 60.3 Å². The van der Waals surface area contributed by atoms with Crippen LogP contribution >= 0.6 is 0 Å². The highest BCUT2D eigenvalue weighted by atomic mass is 16.6. The monoisotopic (exact) mass is 448 g/mol. The van der Waals surface area contributed by atoms with Gasteiger partial charge in [-0.15, -0.1) is 0 Å². The van der Waals surface area contributed by atoms with Gasteiger partial charge in [-0.3, -0.25) is 4.79 Å². The van der Waals surface area contributed by atoms with Crippen molar-refractivity contribution < 1.29 is 19.2 Å². The average Bonchev–Trinajstić information content (AvgIpc) is 2.79. The number of carbonyl (C=O) groups excluding carboxylic acids is 2. The number of benzene rings is 2. The Morgan fingerprint density at radius 3 is 2.21 bits per heavy atom. The van der Waals surface area contributed by atoms with Crippen LogP contribution in [0.3, 0.4) is 0 Å². The molecule has 174 valence electrons. The third kappa shape index (κ3) is 5.33. The summed E-state index contributed by atoms with van der Waals surface area (Å²) < 4.78 is 5.02. The number of esters is 1. The Bertz CT molecular complexity index is 1080. The molecule has 2 aromatic rings. The van der Waals surface area contributed by atoms with E-state index in [2.05, 4.69) is 56.9 Å². The van der Waals surface area contributed by atoms with Gasteiger partial charge in [0.05, 0.1) is 5.56 Å². The first kappa shape index (κ1) is 24.2. The van der Waals surface area contributed by atoms with Gasteiger partial charge in [-0.2, -0.15) is 0 Å². The zero-order chi connectivity index (χ0) is 24.2. The van der Waals surface area contributed by atoms with Crippen LogP contribution in [0.25, 0.3) is 0 Å². The topological polar surface area (TPSA) is 77.0 Å². The predicted molar refractivity (Wildman–Crippen MR) is 131 cm³/mol. The second-order valence-electron chi connectivity index (χ2n) is 9.57. The lowest BCUT2D eigenvalue weighted by Crippen LogP contribution is -2.34. The van der Waals surface area contributed by atoms with E-state index >= 15 is 0 Å². The van der Waals surface area contributed by atoms with E-state index in [1.807, 2.05) is 6.07 Å². The quantitative estimate of drug-likeness (QED) is 0.267. The van der Waals surface area contributed by atoms with Gasteiger partial charge in [-0.1, -0.05) is 57.6 Å². The highest BCUT2D eigenvalue weighted by Crippen LogP contribution is 2.45. The number of ether oxygens (including phenoxy) is 1. The van der Waals surface area contributed by atoms with Crippen molar-refractivity contribution in [3.05, 3.63) is 77.4 Å². The minimum absolute atomic E-state index is 0.00552. The van der Waals surface area contributed by atoms with Crippen LogP contribution in [-0.2, 0) is 25.2 Å². The van der Waals surface area contributed by atoms with Crippen LogP contribution in [0, 0.1) is 0 Å². The summed E-state index contributed by atoms with van der Waals surface area (Å²) >= 11 is 0. The van der Waals surface area contributed by atoms with Crippen LogP contribution in [0.4, 0.5) is 5.69 Å². The fourth-order valence-corrected chi connectivity index (χ4v) is 4.15. The predicted octanol–water partition coefficient (Wildman–Crippen LogP) is 5.37. The molecule has 1 aliphatic rings. The number of fused-ring (bicyclic) bond motifs is 1. The first-order valence-corrected chi connectivity index (χ1v) is 11.0. The van der Waals surface area contributed by atoms with Crippen molar-refractivity contribution in [3.63, 3.8) is 0 Å². The molecule has 1 amide bonds. The highest BCUT2D eigenvalue weighted by molar-refractivity contribution is 6.48. The Labute approximate surface area is 195 Å². The van der Waals surface area contributed by atoms with Crippen LogP contribution in [-0.4, -0.2) is 31.3 Å². The fraction of sp³-hybridized carbons (Fsp3) is 0.370. The molecule has 3 rings (SSSR count). The normalized spacial score (nSPS) is 16.3. The van der Waals surface area contributed by atoms with E-state index < -0.39 is 11.9 Å². The fourth-order valence-electron chi connectivity index (χ4n) is 4.15. The van der Waals surface area contributed by atoms with E-state index in [0.717, 1.165) is 12.8 Å². The molecule has 2 aromatic carbocycles. The maximum absolute atomic E-state index is 13.1.